The number of amides is 1. The maximum absolute atomic E-state index is 13.2. The number of carbonyl (C=O) groups is 1. The van der Waals surface area contributed by atoms with Gasteiger partial charge in [0.15, 0.2) is 4.96 Å². The van der Waals surface area contributed by atoms with Crippen LogP contribution in [0.15, 0.2) is 60.1 Å². The highest BCUT2D eigenvalue weighted by atomic mass is 32.1. The fourth-order valence-corrected chi connectivity index (χ4v) is 5.04. The molecule has 5 rings (SSSR count). The van der Waals surface area contributed by atoms with Crippen LogP contribution in [0.1, 0.15) is 25.1 Å². The van der Waals surface area contributed by atoms with Crippen molar-refractivity contribution in [2.45, 2.75) is 32.7 Å². The summed E-state index contributed by atoms with van der Waals surface area (Å²) in [6.07, 6.45) is 3.29. The summed E-state index contributed by atoms with van der Waals surface area (Å²) < 4.78 is 7.56. The number of thiazole rings is 1. The van der Waals surface area contributed by atoms with E-state index in [9.17, 15) is 4.79 Å². The molecule has 0 unspecified atom stereocenters. The molecule has 0 N–H and O–H groups in total. The zero-order valence-electron chi connectivity index (χ0n) is 17.0. The van der Waals surface area contributed by atoms with Crippen molar-refractivity contribution in [3.8, 4) is 17.0 Å². The zero-order valence-corrected chi connectivity index (χ0v) is 17.9. The number of para-hydroxylation sites is 1. The van der Waals surface area contributed by atoms with Crippen LogP contribution in [-0.2, 0) is 17.6 Å². The van der Waals surface area contributed by atoms with Crippen molar-refractivity contribution < 1.29 is 9.53 Å². The number of ether oxygens (including phenoxy) is 1. The Kier molecular flexibility index (Phi) is 4.79. The first kappa shape index (κ1) is 18.9. The molecule has 2 aromatic carbocycles. The van der Waals surface area contributed by atoms with Gasteiger partial charge >= 0.3 is 0 Å². The van der Waals surface area contributed by atoms with E-state index in [1.807, 2.05) is 70.3 Å². The molecule has 0 radical (unpaired) electrons. The van der Waals surface area contributed by atoms with Crippen LogP contribution in [-0.4, -0.2) is 27.9 Å². The molecule has 2 aromatic heterocycles. The highest BCUT2D eigenvalue weighted by molar-refractivity contribution is 7.15. The van der Waals surface area contributed by atoms with Gasteiger partial charge in [0.2, 0.25) is 5.91 Å². The van der Waals surface area contributed by atoms with Crippen LogP contribution in [0.2, 0.25) is 0 Å². The van der Waals surface area contributed by atoms with Crippen LogP contribution in [0, 0.1) is 0 Å². The third-order valence-electron chi connectivity index (χ3n) is 5.55. The number of anilines is 1. The van der Waals surface area contributed by atoms with Crippen molar-refractivity contribution in [2.75, 3.05) is 11.5 Å². The lowest BCUT2D eigenvalue weighted by molar-refractivity contribution is -0.118. The van der Waals surface area contributed by atoms with Gasteiger partial charge in [-0.25, -0.2) is 4.98 Å². The second kappa shape index (κ2) is 7.61. The van der Waals surface area contributed by atoms with Gasteiger partial charge in [-0.15, -0.1) is 11.3 Å². The number of nitrogens with zero attached hydrogens (tertiary/aromatic N) is 3. The standard InChI is InChI=1S/C24H23N3O2S/c1-3-29-20-10-8-17(9-11-20)21-14-26-19(15-30-24(26)25-21)13-23(28)27-16(2)12-18-6-4-5-7-22(18)27/h4-11,14-16H,3,12-13H2,1-2H3/t16-/m0/s1. The van der Waals surface area contributed by atoms with E-state index in [0.717, 1.165) is 39.8 Å². The fraction of sp³-hybridized carbons (Fsp3) is 0.250. The Bertz CT molecular complexity index is 1210. The summed E-state index contributed by atoms with van der Waals surface area (Å²) in [5, 5.41) is 2.04. The van der Waals surface area contributed by atoms with E-state index < -0.39 is 0 Å². The Morgan fingerprint density at radius 2 is 2.00 bits per heavy atom. The van der Waals surface area contributed by atoms with Crippen molar-refractivity contribution in [1.82, 2.24) is 9.38 Å². The summed E-state index contributed by atoms with van der Waals surface area (Å²) in [5.41, 5.74) is 5.20. The van der Waals surface area contributed by atoms with E-state index in [1.54, 1.807) is 11.3 Å². The first-order chi connectivity index (χ1) is 14.6. The topological polar surface area (TPSA) is 46.8 Å². The van der Waals surface area contributed by atoms with Crippen molar-refractivity contribution in [3.63, 3.8) is 0 Å². The van der Waals surface area contributed by atoms with Gasteiger partial charge in [0.25, 0.3) is 0 Å². The molecule has 0 fully saturated rings. The summed E-state index contributed by atoms with van der Waals surface area (Å²) in [7, 11) is 0. The van der Waals surface area contributed by atoms with Gasteiger partial charge in [0.1, 0.15) is 5.75 Å². The second-order valence-corrected chi connectivity index (χ2v) is 8.42. The largest absolute Gasteiger partial charge is 0.494 e. The van der Waals surface area contributed by atoms with Gasteiger partial charge < -0.3 is 9.64 Å². The molecule has 6 heteroatoms. The molecule has 5 nitrogen and oxygen atoms in total. The number of aromatic nitrogens is 2. The van der Waals surface area contributed by atoms with E-state index in [1.165, 1.54) is 5.56 Å². The molecule has 1 aliphatic rings. The molecule has 30 heavy (non-hydrogen) atoms. The first-order valence-electron chi connectivity index (χ1n) is 10.2. The Morgan fingerprint density at radius 1 is 1.20 bits per heavy atom. The molecule has 0 aliphatic carbocycles. The highest BCUT2D eigenvalue weighted by Gasteiger charge is 2.30. The van der Waals surface area contributed by atoms with Crippen LogP contribution in [0.25, 0.3) is 16.2 Å². The molecule has 4 aromatic rings. The Balaban J connectivity index is 1.40. The normalized spacial score (nSPS) is 15.5. The molecular formula is C24H23N3O2S. The van der Waals surface area contributed by atoms with Crippen LogP contribution >= 0.6 is 11.3 Å². The predicted molar refractivity (Wildman–Crippen MR) is 120 cm³/mol. The lowest BCUT2D eigenvalue weighted by Gasteiger charge is -2.22. The van der Waals surface area contributed by atoms with Crippen LogP contribution in [0.5, 0.6) is 5.75 Å². The molecular weight excluding hydrogens is 394 g/mol. The summed E-state index contributed by atoms with van der Waals surface area (Å²) in [6, 6.07) is 16.3. The average molecular weight is 418 g/mol. The van der Waals surface area contributed by atoms with Crippen molar-refractivity contribution >= 4 is 27.9 Å². The summed E-state index contributed by atoms with van der Waals surface area (Å²) in [6.45, 7) is 4.74. The molecule has 1 atom stereocenters. The first-order valence-corrected chi connectivity index (χ1v) is 11.1. The van der Waals surface area contributed by atoms with Crippen molar-refractivity contribution in [1.29, 1.82) is 0 Å². The quantitative estimate of drug-likeness (QED) is 0.460. The minimum absolute atomic E-state index is 0.128. The average Bonchev–Trinajstić information content (AvgIpc) is 3.41. The molecule has 0 spiro atoms. The number of carbonyl (C=O) groups excluding carboxylic acids is 1. The van der Waals surface area contributed by atoms with E-state index in [2.05, 4.69) is 13.0 Å². The SMILES string of the molecule is CCOc1ccc(-c2cn3c(CC(=O)N4c5ccccc5C[C@@H]4C)csc3n2)cc1. The van der Waals surface area contributed by atoms with E-state index in [4.69, 9.17) is 9.72 Å². The summed E-state index contributed by atoms with van der Waals surface area (Å²) in [5.74, 6) is 0.983. The molecule has 0 saturated carbocycles. The Morgan fingerprint density at radius 3 is 2.80 bits per heavy atom. The molecule has 3 heterocycles. The van der Waals surface area contributed by atoms with Gasteiger partial charge in [-0.3, -0.25) is 9.20 Å². The summed E-state index contributed by atoms with van der Waals surface area (Å²) >= 11 is 1.57. The fourth-order valence-electron chi connectivity index (χ4n) is 4.17. The zero-order chi connectivity index (χ0) is 20.7. The van der Waals surface area contributed by atoms with Crippen LogP contribution < -0.4 is 9.64 Å². The van der Waals surface area contributed by atoms with E-state index in [-0.39, 0.29) is 11.9 Å². The number of rotatable bonds is 5. The molecule has 1 aliphatic heterocycles. The maximum Gasteiger partial charge on any atom is 0.233 e. The summed E-state index contributed by atoms with van der Waals surface area (Å²) in [4.78, 5) is 20.8. The highest BCUT2D eigenvalue weighted by Crippen LogP contribution is 2.33. The molecule has 1 amide bonds. The Hall–Kier alpha value is -3.12. The van der Waals surface area contributed by atoms with Gasteiger partial charge in [-0.05, 0) is 56.2 Å². The minimum atomic E-state index is 0.128. The maximum atomic E-state index is 13.2. The van der Waals surface area contributed by atoms with Crippen LogP contribution in [0.4, 0.5) is 5.69 Å². The third-order valence-corrected chi connectivity index (χ3v) is 6.44. The van der Waals surface area contributed by atoms with E-state index >= 15 is 0 Å². The predicted octanol–water partition coefficient (Wildman–Crippen LogP) is 4.98. The van der Waals surface area contributed by atoms with Gasteiger partial charge in [-0.2, -0.15) is 0 Å². The number of fused-ring (bicyclic) bond motifs is 2. The van der Waals surface area contributed by atoms with Crippen molar-refractivity contribution in [2.24, 2.45) is 0 Å². The number of benzene rings is 2. The van der Waals surface area contributed by atoms with Gasteiger partial charge in [0, 0.05) is 34.6 Å². The van der Waals surface area contributed by atoms with E-state index in [0.29, 0.717) is 13.0 Å². The molecule has 0 saturated heterocycles. The minimum Gasteiger partial charge on any atom is -0.494 e. The lowest BCUT2D eigenvalue weighted by atomic mass is 10.1. The molecule has 152 valence electrons. The number of hydrogen-bond acceptors (Lipinski definition) is 4. The van der Waals surface area contributed by atoms with Crippen molar-refractivity contribution in [3.05, 3.63) is 71.4 Å². The van der Waals surface area contributed by atoms with Gasteiger partial charge in [-0.1, -0.05) is 18.2 Å². The second-order valence-electron chi connectivity index (χ2n) is 7.59. The van der Waals surface area contributed by atoms with Crippen LogP contribution in [0.3, 0.4) is 0 Å². The van der Waals surface area contributed by atoms with Gasteiger partial charge in [0.05, 0.1) is 18.7 Å². The smallest absolute Gasteiger partial charge is 0.233 e. The number of imidazole rings is 1. The third kappa shape index (κ3) is 3.27. The monoisotopic (exact) mass is 417 g/mol. The number of hydrogen-bond donors (Lipinski definition) is 0. The lowest BCUT2D eigenvalue weighted by Crippen LogP contribution is -2.37. The molecule has 0 bridgehead atoms. The Labute approximate surface area is 179 Å².